The van der Waals surface area contributed by atoms with Gasteiger partial charge in [-0.2, -0.15) is 0 Å². The van der Waals surface area contributed by atoms with Crippen molar-refractivity contribution in [1.29, 1.82) is 5.41 Å². The molecule has 188 valence electrons. The van der Waals surface area contributed by atoms with Crippen molar-refractivity contribution >= 4 is 99.5 Å². The molecule has 1 aliphatic heterocycles. The maximum absolute atomic E-state index is 12.5. The standard InChI is InChI=1S/C16H18Cl6N2O9/c1-5(25)29-4-8-10(30-6(2)26)11(31-7(3)27)9(24(22)13(28)12(17)18)14(32-8)33-15(23)16(19,20)21/h8-12,14,23H,4H2,1-3H3/t8-,9-,10-,11-,14?/m1/s1/i12D. The van der Waals surface area contributed by atoms with Gasteiger partial charge in [0.1, 0.15) is 12.7 Å². The fraction of sp³-hybridized carbons (Fsp3) is 0.688. The average molecular weight is 596 g/mol. The highest BCUT2D eigenvalue weighted by Gasteiger charge is 2.56. The van der Waals surface area contributed by atoms with Gasteiger partial charge in [0.2, 0.25) is 12.2 Å². The van der Waals surface area contributed by atoms with Crippen LogP contribution in [0.5, 0.6) is 0 Å². The van der Waals surface area contributed by atoms with Gasteiger partial charge in [-0.3, -0.25) is 24.6 Å². The Bertz CT molecular complexity index is 822. The largest absolute Gasteiger partial charge is 0.463 e. The molecule has 1 N–H and O–H groups in total. The Kier molecular flexibility index (Phi) is 10.9. The number of hydrogen-bond acceptors (Lipinski definition) is 10. The Morgan fingerprint density at radius 1 is 1.03 bits per heavy atom. The van der Waals surface area contributed by atoms with Gasteiger partial charge in [-0.25, -0.2) is 4.42 Å². The molecule has 1 rings (SSSR count). The van der Waals surface area contributed by atoms with E-state index in [2.05, 4.69) is 0 Å². The van der Waals surface area contributed by atoms with Crippen LogP contribution in [0, 0.1) is 5.41 Å². The van der Waals surface area contributed by atoms with Crippen molar-refractivity contribution < 1.29 is 44.2 Å². The van der Waals surface area contributed by atoms with Crippen LogP contribution >= 0.6 is 69.8 Å². The maximum atomic E-state index is 12.5. The third kappa shape index (κ3) is 8.97. The number of esters is 3. The zero-order valence-electron chi connectivity index (χ0n) is 18.0. The molecule has 1 aliphatic rings. The average Bonchev–Trinajstić information content (AvgIpc) is 2.65. The number of amides is 1. The fourth-order valence-electron chi connectivity index (χ4n) is 2.62. The number of hydrogen-bond donors (Lipinski definition) is 1. The quantitative estimate of drug-likeness (QED) is 0.117. The Balaban J connectivity index is 3.62. The van der Waals surface area contributed by atoms with Crippen LogP contribution in [0.15, 0.2) is 0 Å². The monoisotopic (exact) mass is 593 g/mol. The third-order valence-electron chi connectivity index (χ3n) is 3.78. The topological polar surface area (TPSA) is 142 Å². The lowest BCUT2D eigenvalue weighted by molar-refractivity contribution is -0.268. The summed E-state index contributed by atoms with van der Waals surface area (Å²) < 4.78 is 31.5. The predicted molar refractivity (Wildman–Crippen MR) is 117 cm³/mol. The SMILES string of the molecule is [2H]C(Cl)(Cl)C(=O)N(Cl)[C@H]1C(OC(=N)C(Cl)(Cl)Cl)O[C@H](COC(C)=O)[C@@H](OC(C)=O)[C@@H]1OC(C)=O. The minimum absolute atomic E-state index is 0.204. The highest BCUT2D eigenvalue weighted by atomic mass is 35.6. The Morgan fingerprint density at radius 2 is 1.55 bits per heavy atom. The summed E-state index contributed by atoms with van der Waals surface area (Å²) in [6.45, 7) is 2.51. The molecular formula is C16H18Cl6N2O9. The van der Waals surface area contributed by atoms with Crippen LogP contribution in [-0.2, 0) is 42.9 Å². The Labute approximate surface area is 219 Å². The first-order chi connectivity index (χ1) is 15.4. The molecule has 0 bridgehead atoms. The number of rotatable bonds is 7. The van der Waals surface area contributed by atoms with Crippen LogP contribution in [0.3, 0.4) is 0 Å². The van der Waals surface area contributed by atoms with Gasteiger partial charge in [-0.05, 0) is 0 Å². The summed E-state index contributed by atoms with van der Waals surface area (Å²) in [5, 5.41) is 7.83. The smallest absolute Gasteiger partial charge is 0.303 e. The molecule has 0 aromatic carbocycles. The fourth-order valence-corrected chi connectivity index (χ4v) is 3.31. The molecule has 0 aromatic heterocycles. The van der Waals surface area contributed by atoms with E-state index >= 15 is 0 Å². The van der Waals surface area contributed by atoms with Crippen molar-refractivity contribution in [3.63, 3.8) is 0 Å². The van der Waals surface area contributed by atoms with Crippen LogP contribution in [0.2, 0.25) is 0 Å². The molecule has 0 saturated carbocycles. The molecule has 1 fully saturated rings. The molecule has 1 saturated heterocycles. The molecule has 1 amide bonds. The highest BCUT2D eigenvalue weighted by Crippen LogP contribution is 2.35. The number of carbonyl (C=O) groups is 4. The van der Waals surface area contributed by atoms with E-state index in [0.717, 1.165) is 20.8 Å². The van der Waals surface area contributed by atoms with Crippen molar-refractivity contribution in [1.82, 2.24) is 4.42 Å². The van der Waals surface area contributed by atoms with Crippen LogP contribution < -0.4 is 0 Å². The summed E-state index contributed by atoms with van der Waals surface area (Å²) in [6, 6.07) is -1.79. The van der Waals surface area contributed by atoms with Crippen molar-refractivity contribution in [3.8, 4) is 0 Å². The molecule has 5 atom stereocenters. The van der Waals surface area contributed by atoms with E-state index in [1.165, 1.54) is 0 Å². The van der Waals surface area contributed by atoms with Gasteiger partial charge >= 0.3 is 17.9 Å². The molecule has 1 heterocycles. The van der Waals surface area contributed by atoms with E-state index in [0.29, 0.717) is 0 Å². The minimum atomic E-state index is -2.83. The zero-order valence-corrected chi connectivity index (χ0v) is 21.5. The van der Waals surface area contributed by atoms with Crippen molar-refractivity contribution in [2.45, 2.75) is 60.0 Å². The van der Waals surface area contributed by atoms with E-state index in [4.69, 9.17) is 100 Å². The second-order valence-electron chi connectivity index (χ2n) is 6.31. The molecule has 0 radical (unpaired) electrons. The Hall–Kier alpha value is -0.950. The van der Waals surface area contributed by atoms with E-state index in [1.807, 2.05) is 0 Å². The molecule has 11 nitrogen and oxygen atoms in total. The van der Waals surface area contributed by atoms with E-state index < -0.39 is 75.6 Å². The second kappa shape index (κ2) is 12.7. The van der Waals surface area contributed by atoms with Crippen LogP contribution in [0.4, 0.5) is 0 Å². The molecule has 1 unspecified atom stereocenters. The first-order valence-electron chi connectivity index (χ1n) is 9.19. The number of carbonyl (C=O) groups excluding carboxylic acids is 4. The first-order valence-corrected chi connectivity index (χ1v) is 10.9. The zero-order chi connectivity index (χ0) is 26.6. The molecule has 17 heteroatoms. The summed E-state index contributed by atoms with van der Waals surface area (Å²) in [5.41, 5.74) is 0. The lowest BCUT2D eigenvalue weighted by Gasteiger charge is -2.46. The number of nitrogens with one attached hydrogen (secondary N) is 1. The lowest BCUT2D eigenvalue weighted by Crippen LogP contribution is -2.66. The van der Waals surface area contributed by atoms with Gasteiger partial charge in [0.15, 0.2) is 23.1 Å². The molecule has 0 spiro atoms. The van der Waals surface area contributed by atoms with Crippen molar-refractivity contribution in [2.75, 3.05) is 6.61 Å². The minimum Gasteiger partial charge on any atom is -0.463 e. The molecule has 33 heavy (non-hydrogen) atoms. The van der Waals surface area contributed by atoms with E-state index in [9.17, 15) is 19.2 Å². The van der Waals surface area contributed by atoms with Gasteiger partial charge in [-0.1, -0.05) is 58.0 Å². The van der Waals surface area contributed by atoms with Crippen molar-refractivity contribution in [3.05, 3.63) is 0 Å². The van der Waals surface area contributed by atoms with E-state index in [1.54, 1.807) is 0 Å². The summed E-state index contributed by atoms with van der Waals surface area (Å²) in [6.07, 6.45) is -6.51. The van der Waals surface area contributed by atoms with E-state index in [-0.39, 0.29) is 4.42 Å². The van der Waals surface area contributed by atoms with Gasteiger partial charge in [0.05, 0.1) is 1.37 Å². The van der Waals surface area contributed by atoms with Crippen LogP contribution in [-0.4, -0.2) is 80.0 Å². The van der Waals surface area contributed by atoms with Gasteiger partial charge in [0, 0.05) is 32.5 Å². The normalized spacial score (nSPS) is 25.8. The summed E-state index contributed by atoms with van der Waals surface area (Å²) in [5.74, 6) is -5.06. The number of nitrogens with zero attached hydrogens (tertiary/aromatic N) is 1. The first kappa shape index (κ1) is 28.3. The number of alkyl halides is 5. The summed E-state index contributed by atoms with van der Waals surface area (Å²) >= 11 is 34.1. The molecule has 0 aliphatic carbocycles. The summed E-state index contributed by atoms with van der Waals surface area (Å²) in [7, 11) is 0. The highest BCUT2D eigenvalue weighted by molar-refractivity contribution is 6.76. The summed E-state index contributed by atoms with van der Waals surface area (Å²) in [4.78, 5) is 44.6. The number of ether oxygens (including phenoxy) is 5. The predicted octanol–water partition coefficient (Wildman–Crippen LogP) is 2.66. The number of halogens is 6. The van der Waals surface area contributed by atoms with Gasteiger partial charge in [0.25, 0.3) is 9.70 Å². The molecule has 0 aromatic rings. The van der Waals surface area contributed by atoms with Crippen LogP contribution in [0.25, 0.3) is 0 Å². The Morgan fingerprint density at radius 3 is 1.97 bits per heavy atom. The van der Waals surface area contributed by atoms with Crippen molar-refractivity contribution in [2.24, 2.45) is 0 Å². The lowest BCUT2D eigenvalue weighted by atomic mass is 9.96. The molecular weight excluding hydrogens is 577 g/mol. The van der Waals surface area contributed by atoms with Gasteiger partial charge < -0.3 is 23.7 Å². The van der Waals surface area contributed by atoms with Crippen LogP contribution in [0.1, 0.15) is 22.1 Å². The maximum Gasteiger partial charge on any atom is 0.303 e. The second-order valence-corrected chi connectivity index (χ2v) is 9.90. The third-order valence-corrected chi connectivity index (χ3v) is 5.00. The van der Waals surface area contributed by atoms with Gasteiger partial charge in [-0.15, -0.1) is 0 Å².